The molecule has 0 aliphatic heterocycles. The van der Waals surface area contributed by atoms with Crippen LogP contribution in [0.3, 0.4) is 0 Å². The summed E-state index contributed by atoms with van der Waals surface area (Å²) in [7, 11) is 0. The fourth-order valence-electron chi connectivity index (χ4n) is 3.03. The summed E-state index contributed by atoms with van der Waals surface area (Å²) in [5.74, 6) is 1.02. The molecule has 0 aliphatic carbocycles. The fraction of sp³-hybridized carbons (Fsp3) is 0.261. The lowest BCUT2D eigenvalue weighted by Crippen LogP contribution is -2.31. The molecule has 3 rings (SSSR count). The first-order valence-electron chi connectivity index (χ1n) is 9.53. The molecule has 0 radical (unpaired) electrons. The second-order valence-electron chi connectivity index (χ2n) is 6.86. The molecule has 1 heterocycles. The van der Waals surface area contributed by atoms with Crippen molar-refractivity contribution in [1.29, 1.82) is 0 Å². The van der Waals surface area contributed by atoms with Crippen molar-refractivity contribution in [3.63, 3.8) is 0 Å². The molecule has 0 spiro atoms. The quantitative estimate of drug-likeness (QED) is 0.664. The third kappa shape index (κ3) is 4.36. The number of rotatable bonds is 6. The molecule has 5 heteroatoms. The highest BCUT2D eigenvalue weighted by Crippen LogP contribution is 2.20. The largest absolute Gasteiger partial charge is 0.348 e. The van der Waals surface area contributed by atoms with Gasteiger partial charge < -0.3 is 5.32 Å². The van der Waals surface area contributed by atoms with E-state index in [1.807, 2.05) is 57.2 Å². The number of hydrogen-bond donors (Lipinski definition) is 1. The summed E-state index contributed by atoms with van der Waals surface area (Å²) >= 11 is 0. The Kier molecular flexibility index (Phi) is 6.04. The highest BCUT2D eigenvalue weighted by Gasteiger charge is 2.18. The molecule has 1 N–H and O–H groups in total. The zero-order valence-corrected chi connectivity index (χ0v) is 16.8. The van der Waals surface area contributed by atoms with E-state index in [0.717, 1.165) is 11.1 Å². The number of carbonyl (C=O) groups excluding carboxylic acids is 1. The van der Waals surface area contributed by atoms with Gasteiger partial charge in [0.25, 0.3) is 5.91 Å². The Morgan fingerprint density at radius 1 is 1.07 bits per heavy atom. The molecular weight excluding hydrogens is 348 g/mol. The van der Waals surface area contributed by atoms with Gasteiger partial charge in [0.15, 0.2) is 0 Å². The maximum Gasteiger partial charge on any atom is 0.259 e. The number of nitrogens with zero attached hydrogens (tertiary/aromatic N) is 3. The Bertz CT molecular complexity index is 956. The average Bonchev–Trinajstić information content (AvgIpc) is 2.71. The van der Waals surface area contributed by atoms with Crippen molar-refractivity contribution >= 4 is 17.7 Å². The van der Waals surface area contributed by atoms with Gasteiger partial charge in [0.2, 0.25) is 5.95 Å². The smallest absolute Gasteiger partial charge is 0.259 e. The third-order valence-corrected chi connectivity index (χ3v) is 4.88. The summed E-state index contributed by atoms with van der Waals surface area (Å²) < 4.78 is 0. The molecule has 5 nitrogen and oxygen atoms in total. The molecule has 0 saturated carbocycles. The van der Waals surface area contributed by atoms with Crippen LogP contribution in [0, 0.1) is 13.8 Å². The lowest BCUT2D eigenvalue weighted by molar-refractivity contribution is 0.0987. The van der Waals surface area contributed by atoms with Crippen molar-refractivity contribution in [3.8, 4) is 0 Å². The van der Waals surface area contributed by atoms with E-state index in [-0.39, 0.29) is 11.9 Å². The number of amides is 1. The van der Waals surface area contributed by atoms with Crippen molar-refractivity contribution in [3.05, 3.63) is 83.0 Å². The molecule has 1 atom stereocenters. The summed E-state index contributed by atoms with van der Waals surface area (Å²) in [6, 6.07) is 17.7. The molecule has 0 saturated heterocycles. The number of aromatic nitrogens is 2. The van der Waals surface area contributed by atoms with Gasteiger partial charge in [-0.15, -0.1) is 0 Å². The standard InChI is InChI=1S/C23H26N4O/c1-5-27(22(28)20-12-11-16(2)17(3)15-20)21-13-14-24-23(26-21)25-18(4)19-9-7-6-8-10-19/h6-15,18H,5H2,1-4H3,(H,24,25,26)/t18-/m0/s1. The fourth-order valence-corrected chi connectivity index (χ4v) is 3.03. The Hall–Kier alpha value is -3.21. The Morgan fingerprint density at radius 2 is 1.82 bits per heavy atom. The summed E-state index contributed by atoms with van der Waals surface area (Å²) in [4.78, 5) is 23.6. The van der Waals surface area contributed by atoms with Crippen LogP contribution in [-0.4, -0.2) is 22.4 Å². The van der Waals surface area contributed by atoms with Gasteiger partial charge in [0.1, 0.15) is 5.82 Å². The zero-order chi connectivity index (χ0) is 20.1. The summed E-state index contributed by atoms with van der Waals surface area (Å²) in [5, 5.41) is 3.31. The van der Waals surface area contributed by atoms with Crippen molar-refractivity contribution in [1.82, 2.24) is 9.97 Å². The van der Waals surface area contributed by atoms with E-state index in [9.17, 15) is 4.79 Å². The normalized spacial score (nSPS) is 11.7. The van der Waals surface area contributed by atoms with Crippen molar-refractivity contribution in [2.45, 2.75) is 33.7 Å². The Labute approximate surface area is 166 Å². The second-order valence-corrected chi connectivity index (χ2v) is 6.86. The first kappa shape index (κ1) is 19.5. The van der Waals surface area contributed by atoms with E-state index >= 15 is 0 Å². The van der Waals surface area contributed by atoms with E-state index < -0.39 is 0 Å². The van der Waals surface area contributed by atoms with Gasteiger partial charge in [-0.25, -0.2) is 4.98 Å². The van der Waals surface area contributed by atoms with Crippen LogP contribution in [0.5, 0.6) is 0 Å². The molecule has 1 amide bonds. The predicted octanol–water partition coefficient (Wildman–Crippen LogP) is 4.93. The molecule has 144 valence electrons. The summed E-state index contributed by atoms with van der Waals surface area (Å²) in [6.07, 6.45) is 1.68. The maximum absolute atomic E-state index is 13.0. The van der Waals surface area contributed by atoms with Gasteiger partial charge in [-0.2, -0.15) is 4.98 Å². The molecule has 0 bridgehead atoms. The van der Waals surface area contributed by atoms with Gasteiger partial charge in [0, 0.05) is 18.3 Å². The van der Waals surface area contributed by atoms with Crippen molar-refractivity contribution in [2.75, 3.05) is 16.8 Å². The Balaban J connectivity index is 1.82. The van der Waals surface area contributed by atoms with Crippen molar-refractivity contribution < 1.29 is 4.79 Å². The van der Waals surface area contributed by atoms with E-state index in [1.54, 1.807) is 17.2 Å². The Morgan fingerprint density at radius 3 is 2.50 bits per heavy atom. The van der Waals surface area contributed by atoms with E-state index in [0.29, 0.717) is 23.9 Å². The minimum atomic E-state index is -0.0636. The minimum absolute atomic E-state index is 0.0574. The SMILES string of the molecule is CCN(C(=O)c1ccc(C)c(C)c1)c1ccnc(N[C@@H](C)c2ccccc2)n1. The number of carbonyl (C=O) groups is 1. The molecule has 1 aromatic heterocycles. The number of aryl methyl sites for hydroxylation is 2. The van der Waals surface area contributed by atoms with E-state index in [2.05, 4.69) is 34.3 Å². The first-order valence-corrected chi connectivity index (χ1v) is 9.53. The molecule has 0 aliphatic rings. The number of hydrogen-bond acceptors (Lipinski definition) is 4. The molecule has 0 unspecified atom stereocenters. The second kappa shape index (κ2) is 8.65. The number of nitrogens with one attached hydrogen (secondary N) is 1. The van der Waals surface area contributed by atoms with Gasteiger partial charge in [0.05, 0.1) is 6.04 Å². The highest BCUT2D eigenvalue weighted by atomic mass is 16.2. The number of benzene rings is 2. The molecular formula is C23H26N4O. The van der Waals surface area contributed by atoms with E-state index in [1.165, 1.54) is 5.56 Å². The van der Waals surface area contributed by atoms with E-state index in [4.69, 9.17) is 0 Å². The van der Waals surface area contributed by atoms with Crippen LogP contribution in [0.25, 0.3) is 0 Å². The van der Waals surface area contributed by atoms with Crippen LogP contribution in [0.1, 0.15) is 46.9 Å². The lowest BCUT2D eigenvalue weighted by Gasteiger charge is -2.21. The maximum atomic E-state index is 13.0. The number of anilines is 2. The van der Waals surface area contributed by atoms with Crippen LogP contribution in [0.15, 0.2) is 60.8 Å². The predicted molar refractivity (Wildman–Crippen MR) is 114 cm³/mol. The van der Waals surface area contributed by atoms with Gasteiger partial charge in [-0.3, -0.25) is 9.69 Å². The van der Waals surface area contributed by atoms with Crippen LogP contribution in [0.4, 0.5) is 11.8 Å². The van der Waals surface area contributed by atoms with Crippen LogP contribution in [-0.2, 0) is 0 Å². The minimum Gasteiger partial charge on any atom is -0.348 e. The van der Waals surface area contributed by atoms with Gasteiger partial charge >= 0.3 is 0 Å². The average molecular weight is 374 g/mol. The molecule has 3 aromatic rings. The van der Waals surface area contributed by atoms with Gasteiger partial charge in [-0.1, -0.05) is 36.4 Å². The summed E-state index contributed by atoms with van der Waals surface area (Å²) in [5.41, 5.74) is 4.08. The van der Waals surface area contributed by atoms with Crippen LogP contribution >= 0.6 is 0 Å². The molecule has 28 heavy (non-hydrogen) atoms. The highest BCUT2D eigenvalue weighted by molar-refractivity contribution is 6.05. The summed E-state index contributed by atoms with van der Waals surface area (Å²) in [6.45, 7) is 8.58. The molecule has 0 fully saturated rings. The topological polar surface area (TPSA) is 58.1 Å². The third-order valence-electron chi connectivity index (χ3n) is 4.88. The van der Waals surface area contributed by atoms with Crippen LogP contribution in [0.2, 0.25) is 0 Å². The first-order chi connectivity index (χ1) is 13.5. The zero-order valence-electron chi connectivity index (χ0n) is 16.8. The van der Waals surface area contributed by atoms with Crippen molar-refractivity contribution in [2.24, 2.45) is 0 Å². The molecule has 2 aromatic carbocycles. The monoisotopic (exact) mass is 374 g/mol. The van der Waals surface area contributed by atoms with Gasteiger partial charge in [-0.05, 0) is 62.6 Å². The van der Waals surface area contributed by atoms with Crippen LogP contribution < -0.4 is 10.2 Å². The lowest BCUT2D eigenvalue weighted by atomic mass is 10.1.